The lowest BCUT2D eigenvalue weighted by Crippen LogP contribution is -2.27. The highest BCUT2D eigenvalue weighted by atomic mass is 16.6. The van der Waals surface area contributed by atoms with Crippen LogP contribution in [0.15, 0.2) is 0 Å². The first kappa shape index (κ1) is 12.0. The Morgan fingerprint density at radius 3 is 2.87 bits per heavy atom. The molecule has 86 valence electrons. The summed E-state index contributed by atoms with van der Waals surface area (Å²) in [5.41, 5.74) is 0. The molecule has 0 saturated carbocycles. The highest BCUT2D eigenvalue weighted by molar-refractivity contribution is 5.72. The molecular formula is C11H18O4. The minimum Gasteiger partial charge on any atom is -0.462 e. The van der Waals surface area contributed by atoms with Gasteiger partial charge in [0.1, 0.15) is 12.7 Å². The number of carbonyl (C=O) groups is 2. The molecule has 4 nitrogen and oxygen atoms in total. The number of esters is 2. The molecule has 0 aromatic heterocycles. The number of ether oxygens (including phenoxy) is 2. The van der Waals surface area contributed by atoms with Crippen molar-refractivity contribution >= 4 is 11.9 Å². The van der Waals surface area contributed by atoms with Gasteiger partial charge >= 0.3 is 11.9 Å². The van der Waals surface area contributed by atoms with E-state index in [1.807, 2.05) is 0 Å². The van der Waals surface area contributed by atoms with Gasteiger partial charge in [0.25, 0.3) is 0 Å². The molecule has 0 aromatic carbocycles. The molecule has 1 fully saturated rings. The standard InChI is InChI=1S/C11H18O4/c1-4-7(2)9-5-11(13)15-10(9)6-14-8(3)12/h7,9-10H,4-6H2,1-3H3/t7?,9-,10-/m1/s1. The molecule has 0 bridgehead atoms. The summed E-state index contributed by atoms with van der Waals surface area (Å²) in [4.78, 5) is 21.8. The fourth-order valence-electron chi connectivity index (χ4n) is 1.86. The van der Waals surface area contributed by atoms with E-state index in [-0.39, 0.29) is 30.6 Å². The number of hydrogen-bond donors (Lipinski definition) is 0. The zero-order valence-electron chi connectivity index (χ0n) is 9.49. The molecular weight excluding hydrogens is 196 g/mol. The maximum atomic E-state index is 11.2. The summed E-state index contributed by atoms with van der Waals surface area (Å²) < 4.78 is 10.0. The van der Waals surface area contributed by atoms with Crippen LogP contribution in [0.3, 0.4) is 0 Å². The topological polar surface area (TPSA) is 52.6 Å². The monoisotopic (exact) mass is 214 g/mol. The maximum absolute atomic E-state index is 11.2. The third kappa shape index (κ3) is 3.22. The third-order valence-corrected chi connectivity index (χ3v) is 2.99. The van der Waals surface area contributed by atoms with Gasteiger partial charge in [-0.05, 0) is 5.92 Å². The van der Waals surface area contributed by atoms with Crippen LogP contribution in [0, 0.1) is 11.8 Å². The lowest BCUT2D eigenvalue weighted by molar-refractivity contribution is -0.152. The second-order valence-electron chi connectivity index (χ2n) is 4.08. The van der Waals surface area contributed by atoms with Crippen LogP contribution in [0.4, 0.5) is 0 Å². The van der Waals surface area contributed by atoms with E-state index >= 15 is 0 Å². The molecule has 0 amide bonds. The minimum absolute atomic E-state index is 0.182. The summed E-state index contributed by atoms with van der Waals surface area (Å²) >= 11 is 0. The Morgan fingerprint density at radius 1 is 1.67 bits per heavy atom. The Morgan fingerprint density at radius 2 is 2.33 bits per heavy atom. The van der Waals surface area contributed by atoms with Gasteiger partial charge in [0.2, 0.25) is 0 Å². The number of carbonyl (C=O) groups excluding carboxylic acids is 2. The van der Waals surface area contributed by atoms with Crippen molar-refractivity contribution in [2.24, 2.45) is 11.8 Å². The van der Waals surface area contributed by atoms with Crippen LogP contribution in [0.1, 0.15) is 33.6 Å². The summed E-state index contributed by atoms with van der Waals surface area (Å²) in [6, 6.07) is 0. The zero-order valence-corrected chi connectivity index (χ0v) is 9.49. The first-order chi connectivity index (χ1) is 7.04. The molecule has 0 aromatic rings. The van der Waals surface area contributed by atoms with Crippen molar-refractivity contribution in [1.82, 2.24) is 0 Å². The molecule has 15 heavy (non-hydrogen) atoms. The van der Waals surface area contributed by atoms with Crippen molar-refractivity contribution < 1.29 is 19.1 Å². The van der Waals surface area contributed by atoms with Crippen molar-refractivity contribution in [3.8, 4) is 0 Å². The van der Waals surface area contributed by atoms with Crippen molar-refractivity contribution in [3.63, 3.8) is 0 Å². The normalized spacial score (nSPS) is 27.3. The molecule has 0 radical (unpaired) electrons. The van der Waals surface area contributed by atoms with Crippen LogP contribution in [0.5, 0.6) is 0 Å². The van der Waals surface area contributed by atoms with Crippen molar-refractivity contribution in [3.05, 3.63) is 0 Å². The second kappa shape index (κ2) is 5.14. The van der Waals surface area contributed by atoms with Gasteiger partial charge in [0, 0.05) is 12.8 Å². The number of rotatable bonds is 4. The molecule has 0 spiro atoms. The average molecular weight is 214 g/mol. The van der Waals surface area contributed by atoms with Crippen LogP contribution >= 0.6 is 0 Å². The first-order valence-corrected chi connectivity index (χ1v) is 5.37. The Kier molecular flexibility index (Phi) is 4.12. The molecule has 1 unspecified atom stereocenters. The van der Waals surface area contributed by atoms with Crippen LogP contribution in [-0.2, 0) is 19.1 Å². The highest BCUT2D eigenvalue weighted by Crippen LogP contribution is 2.31. The van der Waals surface area contributed by atoms with E-state index < -0.39 is 0 Å². The summed E-state index contributed by atoms with van der Waals surface area (Å²) in [5, 5.41) is 0. The van der Waals surface area contributed by atoms with E-state index in [0.29, 0.717) is 12.3 Å². The summed E-state index contributed by atoms with van der Waals surface area (Å²) in [7, 11) is 0. The van der Waals surface area contributed by atoms with Gasteiger partial charge in [-0.25, -0.2) is 0 Å². The van der Waals surface area contributed by atoms with Crippen LogP contribution in [-0.4, -0.2) is 24.6 Å². The maximum Gasteiger partial charge on any atom is 0.306 e. The van der Waals surface area contributed by atoms with Gasteiger partial charge in [0.15, 0.2) is 0 Å². The second-order valence-corrected chi connectivity index (χ2v) is 4.08. The number of hydrogen-bond acceptors (Lipinski definition) is 4. The molecule has 0 N–H and O–H groups in total. The molecule has 1 heterocycles. The highest BCUT2D eigenvalue weighted by Gasteiger charge is 2.38. The van der Waals surface area contributed by atoms with Gasteiger partial charge in [-0.2, -0.15) is 0 Å². The van der Waals surface area contributed by atoms with E-state index in [2.05, 4.69) is 13.8 Å². The fourth-order valence-corrected chi connectivity index (χ4v) is 1.86. The van der Waals surface area contributed by atoms with E-state index in [4.69, 9.17) is 9.47 Å². The van der Waals surface area contributed by atoms with Gasteiger partial charge < -0.3 is 9.47 Å². The molecule has 3 atom stereocenters. The molecule has 1 saturated heterocycles. The van der Waals surface area contributed by atoms with Crippen molar-refractivity contribution in [1.29, 1.82) is 0 Å². The van der Waals surface area contributed by atoms with E-state index in [1.165, 1.54) is 6.92 Å². The van der Waals surface area contributed by atoms with Crippen LogP contribution in [0.25, 0.3) is 0 Å². The number of cyclic esters (lactones) is 1. The lowest BCUT2D eigenvalue weighted by Gasteiger charge is -2.21. The van der Waals surface area contributed by atoms with Crippen molar-refractivity contribution in [2.45, 2.75) is 39.7 Å². The predicted molar refractivity (Wildman–Crippen MR) is 54.1 cm³/mol. The molecule has 4 heteroatoms. The Hall–Kier alpha value is -1.06. The summed E-state index contributed by atoms with van der Waals surface area (Å²) in [6.07, 6.45) is 1.19. The van der Waals surface area contributed by atoms with E-state index in [1.54, 1.807) is 0 Å². The Balaban J connectivity index is 2.52. The molecule has 0 aliphatic carbocycles. The predicted octanol–water partition coefficient (Wildman–Crippen LogP) is 1.53. The summed E-state index contributed by atoms with van der Waals surface area (Å²) in [5.74, 6) is 0.0807. The molecule has 1 aliphatic rings. The Bertz CT molecular complexity index is 249. The fraction of sp³-hybridized carbons (Fsp3) is 0.818. The lowest BCUT2D eigenvalue weighted by atomic mass is 9.86. The van der Waals surface area contributed by atoms with E-state index in [0.717, 1.165) is 6.42 Å². The minimum atomic E-state index is -0.333. The zero-order chi connectivity index (χ0) is 11.4. The van der Waals surface area contributed by atoms with Crippen molar-refractivity contribution in [2.75, 3.05) is 6.61 Å². The van der Waals surface area contributed by atoms with Gasteiger partial charge in [-0.15, -0.1) is 0 Å². The largest absolute Gasteiger partial charge is 0.462 e. The SMILES string of the molecule is CCC(C)[C@H]1CC(=O)O[C@@H]1COC(C)=O. The average Bonchev–Trinajstić information content (AvgIpc) is 2.55. The third-order valence-electron chi connectivity index (χ3n) is 2.99. The van der Waals surface area contributed by atoms with E-state index in [9.17, 15) is 9.59 Å². The van der Waals surface area contributed by atoms with Gasteiger partial charge in [-0.3, -0.25) is 9.59 Å². The van der Waals surface area contributed by atoms with Crippen LogP contribution in [0.2, 0.25) is 0 Å². The Labute approximate surface area is 89.9 Å². The van der Waals surface area contributed by atoms with Gasteiger partial charge in [0.05, 0.1) is 6.42 Å². The first-order valence-electron chi connectivity index (χ1n) is 5.37. The quantitative estimate of drug-likeness (QED) is 0.666. The molecule has 1 rings (SSSR count). The smallest absolute Gasteiger partial charge is 0.306 e. The van der Waals surface area contributed by atoms with Gasteiger partial charge in [-0.1, -0.05) is 20.3 Å². The van der Waals surface area contributed by atoms with Crippen LogP contribution < -0.4 is 0 Å². The summed E-state index contributed by atoms with van der Waals surface area (Å²) in [6.45, 7) is 5.72. The molecule has 1 aliphatic heterocycles.